The third kappa shape index (κ3) is 3.31. The number of nitrogens with one attached hydrogen (secondary N) is 1. The van der Waals surface area contributed by atoms with E-state index in [1.807, 2.05) is 0 Å². The van der Waals surface area contributed by atoms with Crippen molar-refractivity contribution in [3.8, 4) is 11.6 Å². The lowest BCUT2D eigenvalue weighted by Gasteiger charge is -2.13. The summed E-state index contributed by atoms with van der Waals surface area (Å²) in [6.45, 7) is 1.75. The van der Waals surface area contributed by atoms with Gasteiger partial charge >= 0.3 is 6.18 Å². The van der Waals surface area contributed by atoms with Crippen molar-refractivity contribution in [1.82, 2.24) is 4.98 Å². The van der Waals surface area contributed by atoms with Gasteiger partial charge in [0, 0.05) is 0 Å². The molecule has 110 valence electrons. The standard InChI is InChI=1S/C14H12F3N3O/c1-8-4-2-3-5-10(8)21-13-9(12(18)19)6-7-11(20-13)14(15,16)17/h2-7H,1H3,(H3,18,19). The molecule has 0 atom stereocenters. The van der Waals surface area contributed by atoms with Gasteiger partial charge in [0.25, 0.3) is 0 Å². The summed E-state index contributed by atoms with van der Waals surface area (Å²) < 4.78 is 43.6. The highest BCUT2D eigenvalue weighted by molar-refractivity contribution is 5.97. The molecule has 2 aromatic rings. The maximum atomic E-state index is 12.7. The van der Waals surface area contributed by atoms with Crippen LogP contribution in [0.25, 0.3) is 0 Å². The number of para-hydroxylation sites is 1. The lowest BCUT2D eigenvalue weighted by atomic mass is 10.2. The van der Waals surface area contributed by atoms with Crippen LogP contribution in [0.5, 0.6) is 11.6 Å². The fourth-order valence-corrected chi connectivity index (χ4v) is 1.66. The number of hydrogen-bond acceptors (Lipinski definition) is 3. The molecule has 4 nitrogen and oxygen atoms in total. The van der Waals surface area contributed by atoms with E-state index in [4.69, 9.17) is 15.9 Å². The number of nitrogen functional groups attached to an aromatic ring is 1. The fourth-order valence-electron chi connectivity index (χ4n) is 1.66. The topological polar surface area (TPSA) is 72.0 Å². The molecule has 0 fully saturated rings. The van der Waals surface area contributed by atoms with E-state index in [1.54, 1.807) is 31.2 Å². The first kappa shape index (κ1) is 14.8. The largest absolute Gasteiger partial charge is 0.438 e. The van der Waals surface area contributed by atoms with Crippen molar-refractivity contribution in [3.05, 3.63) is 53.2 Å². The second-order valence-electron chi connectivity index (χ2n) is 4.33. The van der Waals surface area contributed by atoms with Crippen LogP contribution in [0.1, 0.15) is 16.8 Å². The summed E-state index contributed by atoms with van der Waals surface area (Å²) in [6.07, 6.45) is -4.60. The third-order valence-corrected chi connectivity index (χ3v) is 2.74. The Labute approximate surface area is 118 Å². The smallest absolute Gasteiger partial charge is 0.433 e. The normalized spacial score (nSPS) is 11.2. The average molecular weight is 295 g/mol. The lowest BCUT2D eigenvalue weighted by Crippen LogP contribution is -2.16. The number of ether oxygens (including phenoxy) is 1. The molecule has 1 heterocycles. The maximum Gasteiger partial charge on any atom is 0.433 e. The van der Waals surface area contributed by atoms with Crippen molar-refractivity contribution >= 4 is 5.84 Å². The number of amidine groups is 1. The van der Waals surface area contributed by atoms with E-state index < -0.39 is 17.7 Å². The molecule has 0 aliphatic carbocycles. The van der Waals surface area contributed by atoms with E-state index in [1.165, 1.54) is 0 Å². The molecule has 0 aliphatic rings. The quantitative estimate of drug-likeness (QED) is 0.672. The molecule has 0 bridgehead atoms. The van der Waals surface area contributed by atoms with Gasteiger partial charge in [-0.05, 0) is 30.7 Å². The zero-order valence-electron chi connectivity index (χ0n) is 11.0. The van der Waals surface area contributed by atoms with Crippen LogP contribution in [-0.4, -0.2) is 10.8 Å². The molecule has 0 radical (unpaired) electrons. The Kier molecular flexibility index (Phi) is 3.84. The van der Waals surface area contributed by atoms with Crippen molar-refractivity contribution in [2.45, 2.75) is 13.1 Å². The van der Waals surface area contributed by atoms with E-state index in [0.717, 1.165) is 17.7 Å². The molecule has 0 saturated carbocycles. The van der Waals surface area contributed by atoms with Crippen LogP contribution >= 0.6 is 0 Å². The van der Waals surface area contributed by atoms with E-state index in [0.29, 0.717) is 5.75 Å². The molecular formula is C14H12F3N3O. The van der Waals surface area contributed by atoms with Crippen LogP contribution in [0.15, 0.2) is 36.4 Å². The minimum Gasteiger partial charge on any atom is -0.438 e. The molecule has 0 unspecified atom stereocenters. The van der Waals surface area contributed by atoms with Crippen LogP contribution in [-0.2, 0) is 6.18 Å². The zero-order chi connectivity index (χ0) is 15.6. The number of aryl methyl sites for hydroxylation is 1. The zero-order valence-corrected chi connectivity index (χ0v) is 11.0. The van der Waals surface area contributed by atoms with Crippen molar-refractivity contribution in [2.24, 2.45) is 5.73 Å². The Bertz CT molecular complexity index is 683. The second kappa shape index (κ2) is 5.43. The number of halogens is 3. The fraction of sp³-hybridized carbons (Fsp3) is 0.143. The number of alkyl halides is 3. The van der Waals surface area contributed by atoms with Gasteiger partial charge in [0.2, 0.25) is 5.88 Å². The number of rotatable bonds is 3. The first-order chi connectivity index (χ1) is 9.79. The predicted molar refractivity (Wildman–Crippen MR) is 71.5 cm³/mol. The molecule has 1 aromatic carbocycles. The van der Waals surface area contributed by atoms with Gasteiger partial charge in [-0.1, -0.05) is 18.2 Å². The predicted octanol–water partition coefficient (Wildman–Crippen LogP) is 3.49. The van der Waals surface area contributed by atoms with Gasteiger partial charge in [0.15, 0.2) is 0 Å². The molecule has 21 heavy (non-hydrogen) atoms. The van der Waals surface area contributed by atoms with E-state index in [2.05, 4.69) is 4.98 Å². The number of benzene rings is 1. The van der Waals surface area contributed by atoms with Crippen molar-refractivity contribution in [2.75, 3.05) is 0 Å². The van der Waals surface area contributed by atoms with E-state index in [9.17, 15) is 13.2 Å². The number of hydrogen-bond donors (Lipinski definition) is 2. The van der Waals surface area contributed by atoms with Gasteiger partial charge in [-0.25, -0.2) is 4.98 Å². The highest BCUT2D eigenvalue weighted by atomic mass is 19.4. The monoisotopic (exact) mass is 295 g/mol. The van der Waals surface area contributed by atoms with Gasteiger partial charge in [-0.15, -0.1) is 0 Å². The minimum atomic E-state index is -4.60. The van der Waals surface area contributed by atoms with Crippen molar-refractivity contribution in [3.63, 3.8) is 0 Å². The lowest BCUT2D eigenvalue weighted by molar-refractivity contribution is -0.141. The Morgan fingerprint density at radius 2 is 1.86 bits per heavy atom. The molecule has 0 amide bonds. The SMILES string of the molecule is Cc1ccccc1Oc1nc(C(F)(F)F)ccc1C(=N)N. The summed E-state index contributed by atoms with van der Waals surface area (Å²) in [7, 11) is 0. The summed E-state index contributed by atoms with van der Waals surface area (Å²) in [4.78, 5) is 3.43. The molecule has 0 saturated heterocycles. The van der Waals surface area contributed by atoms with E-state index in [-0.39, 0.29) is 11.4 Å². The minimum absolute atomic E-state index is 0.00579. The van der Waals surface area contributed by atoms with E-state index >= 15 is 0 Å². The summed E-state index contributed by atoms with van der Waals surface area (Å²) in [5, 5.41) is 7.40. The Hall–Kier alpha value is -2.57. The van der Waals surface area contributed by atoms with Crippen LogP contribution < -0.4 is 10.5 Å². The van der Waals surface area contributed by atoms with Gasteiger partial charge in [-0.3, -0.25) is 5.41 Å². The third-order valence-electron chi connectivity index (χ3n) is 2.74. The molecular weight excluding hydrogens is 283 g/mol. The summed E-state index contributed by atoms with van der Waals surface area (Å²) >= 11 is 0. The van der Waals surface area contributed by atoms with Gasteiger partial charge in [0.05, 0.1) is 5.56 Å². The molecule has 3 N–H and O–H groups in total. The number of nitrogens with zero attached hydrogens (tertiary/aromatic N) is 1. The summed E-state index contributed by atoms with van der Waals surface area (Å²) in [5.41, 5.74) is 4.98. The number of pyridine rings is 1. The highest BCUT2D eigenvalue weighted by Gasteiger charge is 2.33. The molecule has 0 aliphatic heterocycles. The van der Waals surface area contributed by atoms with Crippen LogP contribution in [0, 0.1) is 12.3 Å². The number of aromatic nitrogens is 1. The first-order valence-electron chi connectivity index (χ1n) is 5.95. The maximum absolute atomic E-state index is 12.7. The van der Waals surface area contributed by atoms with Crippen LogP contribution in [0.3, 0.4) is 0 Å². The van der Waals surface area contributed by atoms with Gasteiger partial charge in [-0.2, -0.15) is 13.2 Å². The molecule has 1 aromatic heterocycles. The average Bonchev–Trinajstić information content (AvgIpc) is 2.40. The first-order valence-corrected chi connectivity index (χ1v) is 5.95. The Morgan fingerprint density at radius 3 is 2.43 bits per heavy atom. The molecule has 2 rings (SSSR count). The summed E-state index contributed by atoms with van der Waals surface area (Å²) in [6, 6.07) is 8.64. The Morgan fingerprint density at radius 1 is 1.19 bits per heavy atom. The Balaban J connectivity index is 2.49. The van der Waals surface area contributed by atoms with Crippen LogP contribution in [0.2, 0.25) is 0 Å². The van der Waals surface area contributed by atoms with Crippen molar-refractivity contribution in [1.29, 1.82) is 5.41 Å². The second-order valence-corrected chi connectivity index (χ2v) is 4.33. The van der Waals surface area contributed by atoms with Gasteiger partial charge in [0.1, 0.15) is 17.3 Å². The molecule has 7 heteroatoms. The van der Waals surface area contributed by atoms with Crippen molar-refractivity contribution < 1.29 is 17.9 Å². The number of nitrogens with two attached hydrogens (primary N) is 1. The molecule has 0 spiro atoms. The van der Waals surface area contributed by atoms with Gasteiger partial charge < -0.3 is 10.5 Å². The summed E-state index contributed by atoms with van der Waals surface area (Å²) in [5.74, 6) is -0.404. The van der Waals surface area contributed by atoms with Crippen LogP contribution in [0.4, 0.5) is 13.2 Å². The highest BCUT2D eigenvalue weighted by Crippen LogP contribution is 2.32.